The molecule has 2 atom stereocenters. The second-order valence-corrected chi connectivity index (χ2v) is 19.9. The lowest BCUT2D eigenvalue weighted by Crippen LogP contribution is -2.50. The van der Waals surface area contributed by atoms with E-state index in [0.29, 0.717) is 19.3 Å². The molecule has 0 aromatic carbocycles. The van der Waals surface area contributed by atoms with Crippen LogP contribution in [0.15, 0.2) is 0 Å². The van der Waals surface area contributed by atoms with Crippen LogP contribution in [0, 0.1) is 0 Å². The molecule has 0 fully saturated rings. The van der Waals surface area contributed by atoms with E-state index in [4.69, 9.17) is 14.2 Å². The molecular weight excluding hydrogens is 775 g/mol. The van der Waals surface area contributed by atoms with E-state index in [9.17, 15) is 19.5 Å². The average molecular weight is 881 g/mol. The maximum Gasteiger partial charge on any atom is 0.362 e. The van der Waals surface area contributed by atoms with Gasteiger partial charge in [0.2, 0.25) is 0 Å². The van der Waals surface area contributed by atoms with Crippen molar-refractivity contribution < 1.29 is 38.2 Å². The highest BCUT2D eigenvalue weighted by atomic mass is 16.6. The molecule has 0 rings (SSSR count). The van der Waals surface area contributed by atoms with Crippen LogP contribution in [0.5, 0.6) is 0 Å². The Morgan fingerprint density at radius 2 is 0.710 bits per heavy atom. The number of carbonyl (C=O) groups excluding carboxylic acids is 2. The topological polar surface area (TPSA) is 99.1 Å². The van der Waals surface area contributed by atoms with Crippen LogP contribution in [0.2, 0.25) is 0 Å². The van der Waals surface area contributed by atoms with Gasteiger partial charge in [0.25, 0.3) is 0 Å². The zero-order chi connectivity index (χ0) is 45.6. The first-order valence-electron chi connectivity index (χ1n) is 27.1. The Bertz CT molecular complexity index is 982. The van der Waals surface area contributed by atoms with Gasteiger partial charge in [-0.3, -0.25) is 9.59 Å². The van der Waals surface area contributed by atoms with Gasteiger partial charge in [-0.05, 0) is 12.8 Å². The van der Waals surface area contributed by atoms with Gasteiger partial charge in [0.15, 0.2) is 12.1 Å². The molecular formula is C54H106NO7+. The van der Waals surface area contributed by atoms with Gasteiger partial charge >= 0.3 is 17.9 Å². The predicted octanol–water partition coefficient (Wildman–Crippen LogP) is 15.7. The molecule has 0 spiro atoms. The summed E-state index contributed by atoms with van der Waals surface area (Å²) in [5.41, 5.74) is 0. The minimum atomic E-state index is -0.868. The highest BCUT2D eigenvalue weighted by molar-refractivity contribution is 5.72. The summed E-state index contributed by atoms with van der Waals surface area (Å²) >= 11 is 0. The first kappa shape index (κ1) is 60.3. The van der Waals surface area contributed by atoms with Crippen molar-refractivity contribution in [2.75, 3.05) is 41.0 Å². The quantitative estimate of drug-likeness (QED) is 0.0369. The maximum absolute atomic E-state index is 12.8. The average Bonchev–Trinajstić information content (AvgIpc) is 3.23. The van der Waals surface area contributed by atoms with E-state index in [0.717, 1.165) is 38.5 Å². The molecule has 0 heterocycles. The Balaban J connectivity index is 4.15. The third kappa shape index (κ3) is 43.6. The van der Waals surface area contributed by atoms with Crippen LogP contribution in [0.4, 0.5) is 0 Å². The van der Waals surface area contributed by atoms with Crippen LogP contribution >= 0.6 is 0 Å². The van der Waals surface area contributed by atoms with Crippen molar-refractivity contribution in [1.82, 2.24) is 0 Å². The van der Waals surface area contributed by atoms with Gasteiger partial charge < -0.3 is 23.8 Å². The summed E-state index contributed by atoms with van der Waals surface area (Å²) < 4.78 is 17.4. The Morgan fingerprint density at radius 3 is 1.00 bits per heavy atom. The fourth-order valence-electron chi connectivity index (χ4n) is 8.57. The number of nitrogens with zero attached hydrogens (tertiary/aromatic N) is 1. The number of carboxylic acid groups (broad SMARTS) is 1. The van der Waals surface area contributed by atoms with E-state index in [1.807, 2.05) is 21.1 Å². The van der Waals surface area contributed by atoms with E-state index in [-0.39, 0.29) is 36.2 Å². The van der Waals surface area contributed by atoms with Gasteiger partial charge in [0.1, 0.15) is 6.61 Å². The van der Waals surface area contributed by atoms with E-state index in [1.54, 1.807) is 0 Å². The van der Waals surface area contributed by atoms with Gasteiger partial charge in [0, 0.05) is 19.3 Å². The summed E-state index contributed by atoms with van der Waals surface area (Å²) in [7, 11) is 5.55. The van der Waals surface area contributed by atoms with E-state index < -0.39 is 18.1 Å². The fraction of sp³-hybridized carbons (Fsp3) is 0.944. The summed E-state index contributed by atoms with van der Waals surface area (Å²) in [5, 5.41) is 9.66. The van der Waals surface area contributed by atoms with Crippen molar-refractivity contribution in [1.29, 1.82) is 0 Å². The van der Waals surface area contributed by atoms with Crippen molar-refractivity contribution in [2.24, 2.45) is 0 Å². The molecule has 0 aromatic rings. The minimum absolute atomic E-state index is 0.0411. The molecule has 0 saturated heterocycles. The fourth-order valence-corrected chi connectivity index (χ4v) is 8.57. The minimum Gasteiger partial charge on any atom is -0.477 e. The normalized spacial score (nSPS) is 12.7. The predicted molar refractivity (Wildman–Crippen MR) is 262 cm³/mol. The zero-order valence-corrected chi connectivity index (χ0v) is 42.1. The number of carboxylic acids is 1. The molecule has 0 saturated carbocycles. The molecule has 0 radical (unpaired) electrons. The highest BCUT2D eigenvalue weighted by Gasteiger charge is 2.31. The van der Waals surface area contributed by atoms with Gasteiger partial charge in [0.05, 0.1) is 34.4 Å². The number of ether oxygens (including phenoxy) is 3. The number of hydrogen-bond donors (Lipinski definition) is 1. The molecule has 62 heavy (non-hydrogen) atoms. The molecule has 0 aromatic heterocycles. The maximum atomic E-state index is 12.8. The number of unbranched alkanes of at least 4 members (excludes halogenated alkanes) is 36. The molecule has 8 nitrogen and oxygen atoms in total. The first-order valence-corrected chi connectivity index (χ1v) is 27.1. The number of quaternary nitrogens is 1. The molecule has 0 bridgehead atoms. The zero-order valence-electron chi connectivity index (χ0n) is 42.1. The van der Waals surface area contributed by atoms with Gasteiger partial charge in [-0.15, -0.1) is 0 Å². The van der Waals surface area contributed by atoms with E-state index >= 15 is 0 Å². The SMILES string of the molecule is CCCCCCCCCCCCCCCCCCCCCCC(=O)OCC(COCCC(C(=O)O)[N+](C)(C)C)OC(=O)CCCCCCCCCCCCCCCCCCCC. The smallest absolute Gasteiger partial charge is 0.362 e. The number of esters is 2. The van der Waals surface area contributed by atoms with Crippen molar-refractivity contribution in [2.45, 2.75) is 289 Å². The molecule has 8 heteroatoms. The van der Waals surface area contributed by atoms with Crippen LogP contribution < -0.4 is 0 Å². The van der Waals surface area contributed by atoms with Crippen molar-refractivity contribution in [3.8, 4) is 0 Å². The van der Waals surface area contributed by atoms with Crippen LogP contribution in [0.1, 0.15) is 277 Å². The molecule has 0 amide bonds. The van der Waals surface area contributed by atoms with Crippen LogP contribution in [-0.4, -0.2) is 80.6 Å². The molecule has 0 aliphatic carbocycles. The van der Waals surface area contributed by atoms with E-state index in [2.05, 4.69) is 13.8 Å². The van der Waals surface area contributed by atoms with Crippen LogP contribution in [0.3, 0.4) is 0 Å². The largest absolute Gasteiger partial charge is 0.477 e. The summed E-state index contributed by atoms with van der Waals surface area (Å²) in [4.78, 5) is 37.2. The number of likely N-dealkylation sites (N-methyl/N-ethyl adjacent to an activating group) is 1. The Morgan fingerprint density at radius 1 is 0.419 bits per heavy atom. The van der Waals surface area contributed by atoms with Crippen molar-refractivity contribution >= 4 is 17.9 Å². The summed E-state index contributed by atoms with van der Waals surface area (Å²) in [5.74, 6) is -1.43. The third-order valence-corrected chi connectivity index (χ3v) is 12.8. The highest BCUT2D eigenvalue weighted by Crippen LogP contribution is 2.18. The Labute approximate surface area is 385 Å². The molecule has 0 aliphatic heterocycles. The standard InChI is InChI=1S/C54H105NO7/c1-6-8-10-12-14-16-18-20-22-24-26-27-29-30-32-34-36-38-40-42-44-52(56)61-49-50(48-60-47-46-51(54(58)59)55(3,4)5)62-53(57)45-43-41-39-37-35-33-31-28-25-23-21-19-17-15-13-11-9-7-2/h50-51H,6-49H2,1-5H3/p+1. The Kier molecular flexibility index (Phi) is 44.6. The molecule has 2 unspecified atom stereocenters. The molecule has 1 N–H and O–H groups in total. The van der Waals surface area contributed by atoms with Crippen LogP contribution in [-0.2, 0) is 28.6 Å². The first-order chi connectivity index (χ1) is 30.1. The number of aliphatic carboxylic acids is 1. The summed E-state index contributed by atoms with van der Waals surface area (Å²) in [6.07, 6.45) is 50.1. The Hall–Kier alpha value is -1.67. The van der Waals surface area contributed by atoms with Gasteiger partial charge in [-0.1, -0.05) is 245 Å². The van der Waals surface area contributed by atoms with E-state index in [1.165, 1.54) is 205 Å². The van der Waals surface area contributed by atoms with Gasteiger partial charge in [-0.2, -0.15) is 0 Å². The monoisotopic (exact) mass is 881 g/mol. The van der Waals surface area contributed by atoms with Gasteiger partial charge in [-0.25, -0.2) is 4.79 Å². The van der Waals surface area contributed by atoms with Crippen LogP contribution in [0.25, 0.3) is 0 Å². The number of hydrogen-bond acceptors (Lipinski definition) is 6. The second kappa shape index (κ2) is 45.9. The molecule has 0 aliphatic rings. The van der Waals surface area contributed by atoms with Crippen molar-refractivity contribution in [3.05, 3.63) is 0 Å². The molecule has 368 valence electrons. The lowest BCUT2D eigenvalue weighted by molar-refractivity contribution is -0.887. The number of carbonyl (C=O) groups is 3. The third-order valence-electron chi connectivity index (χ3n) is 12.8. The number of rotatable bonds is 50. The lowest BCUT2D eigenvalue weighted by Gasteiger charge is -2.31. The lowest BCUT2D eigenvalue weighted by atomic mass is 10.0. The second-order valence-electron chi connectivity index (χ2n) is 19.9. The summed E-state index contributed by atoms with van der Waals surface area (Å²) in [6.45, 7) is 4.81. The van der Waals surface area contributed by atoms with Crippen molar-refractivity contribution in [3.63, 3.8) is 0 Å². The summed E-state index contributed by atoms with van der Waals surface area (Å²) in [6, 6.07) is -0.609.